The molecule has 2 heterocycles. The lowest BCUT2D eigenvalue weighted by atomic mass is 9.89. The van der Waals surface area contributed by atoms with E-state index in [9.17, 15) is 14.4 Å². The largest absolute Gasteiger partial charge is 0.394 e. The zero-order valence-electron chi connectivity index (χ0n) is 22.4. The van der Waals surface area contributed by atoms with Crippen molar-refractivity contribution in [2.45, 2.75) is 58.3 Å². The van der Waals surface area contributed by atoms with Crippen LogP contribution < -0.4 is 5.32 Å². The fraction of sp³-hybridized carbons (Fsp3) is 0.433. The van der Waals surface area contributed by atoms with Crippen LogP contribution in [0.4, 0.5) is 0 Å². The first-order chi connectivity index (χ1) is 18.2. The van der Waals surface area contributed by atoms with E-state index in [-0.39, 0.29) is 5.91 Å². The molecule has 2 aliphatic rings. The molecule has 0 atom stereocenters. The molecule has 2 saturated heterocycles. The average Bonchev–Trinajstić information content (AvgIpc) is 2.93. The normalized spacial score (nSPS) is 15.3. The molecule has 2 aromatic carbocycles. The summed E-state index contributed by atoms with van der Waals surface area (Å²) in [5.41, 5.74) is 4.12. The predicted molar refractivity (Wildman–Crippen MR) is 144 cm³/mol. The van der Waals surface area contributed by atoms with Gasteiger partial charge in [-0.2, -0.15) is 10.5 Å². The molecular formula is C30H36N4O4. The molecule has 38 heavy (non-hydrogen) atoms. The molecule has 200 valence electrons. The molecule has 8 heteroatoms. The number of amides is 1. The molecule has 0 aliphatic carbocycles. The predicted octanol–water partition coefficient (Wildman–Crippen LogP) is 4.41. The molecule has 2 fully saturated rings. The fourth-order valence-electron chi connectivity index (χ4n) is 4.55. The summed E-state index contributed by atoms with van der Waals surface area (Å²) in [6.45, 7) is 7.92. The van der Waals surface area contributed by atoms with Crippen molar-refractivity contribution in [3.63, 3.8) is 0 Å². The van der Waals surface area contributed by atoms with Gasteiger partial charge in [-0.25, -0.2) is 0 Å². The summed E-state index contributed by atoms with van der Waals surface area (Å²) in [5, 5.41) is 20.8. The van der Waals surface area contributed by atoms with Crippen molar-refractivity contribution < 1.29 is 19.1 Å². The van der Waals surface area contributed by atoms with Crippen LogP contribution in [0.25, 0.3) is 0 Å². The second-order valence-electron chi connectivity index (χ2n) is 9.36. The zero-order valence-corrected chi connectivity index (χ0v) is 22.4. The molecule has 0 aromatic heterocycles. The minimum absolute atomic E-state index is 0.170. The van der Waals surface area contributed by atoms with Crippen molar-refractivity contribution in [1.29, 1.82) is 10.5 Å². The van der Waals surface area contributed by atoms with Gasteiger partial charge in [0.2, 0.25) is 5.91 Å². The number of likely N-dealkylation sites (tertiary alicyclic amines) is 1. The third-order valence-corrected chi connectivity index (χ3v) is 6.59. The highest BCUT2D eigenvalue weighted by atomic mass is 16.6. The molecule has 0 radical (unpaired) electrons. The summed E-state index contributed by atoms with van der Waals surface area (Å²) in [4.78, 5) is 32.7. The van der Waals surface area contributed by atoms with Crippen molar-refractivity contribution in [2.75, 3.05) is 26.2 Å². The van der Waals surface area contributed by atoms with Gasteiger partial charge in [0.05, 0.1) is 23.3 Å². The number of rotatable bonds is 2. The van der Waals surface area contributed by atoms with E-state index in [1.54, 1.807) is 6.92 Å². The number of benzene rings is 2. The van der Waals surface area contributed by atoms with Crippen LogP contribution in [0.3, 0.4) is 0 Å². The highest BCUT2D eigenvalue weighted by molar-refractivity contribution is 5.82. The lowest BCUT2D eigenvalue weighted by molar-refractivity contribution is -0.156. The SMILES string of the molecule is CC(=O)N1CCC(c2ccc(C#N)cc2)CC1.CC(=O)OC(C)=O.N#Cc1ccc(C2CCNCC2)cc1. The molecule has 2 aliphatic heterocycles. The van der Waals surface area contributed by atoms with E-state index in [4.69, 9.17) is 10.5 Å². The molecule has 1 N–H and O–H groups in total. The van der Waals surface area contributed by atoms with Crippen LogP contribution in [0.5, 0.6) is 0 Å². The molecule has 4 rings (SSSR count). The topological polar surface area (TPSA) is 123 Å². The van der Waals surface area contributed by atoms with Crippen LogP contribution in [-0.2, 0) is 19.1 Å². The third kappa shape index (κ3) is 10.5. The van der Waals surface area contributed by atoms with Crippen LogP contribution in [-0.4, -0.2) is 48.9 Å². The number of piperidine rings is 2. The number of nitrogens with zero attached hydrogens (tertiary/aromatic N) is 3. The first-order valence-electron chi connectivity index (χ1n) is 12.9. The maximum Gasteiger partial charge on any atom is 0.310 e. The van der Waals surface area contributed by atoms with Crippen LogP contribution in [0.15, 0.2) is 48.5 Å². The van der Waals surface area contributed by atoms with Crippen LogP contribution in [0, 0.1) is 22.7 Å². The third-order valence-electron chi connectivity index (χ3n) is 6.59. The minimum Gasteiger partial charge on any atom is -0.394 e. The van der Waals surface area contributed by atoms with Crippen molar-refractivity contribution in [2.24, 2.45) is 0 Å². The van der Waals surface area contributed by atoms with E-state index in [1.807, 2.05) is 41.3 Å². The second-order valence-corrected chi connectivity index (χ2v) is 9.36. The van der Waals surface area contributed by atoms with E-state index in [0.717, 1.165) is 44.6 Å². The number of hydrogen-bond acceptors (Lipinski definition) is 7. The van der Waals surface area contributed by atoms with E-state index in [1.165, 1.54) is 37.8 Å². The molecule has 1 amide bonds. The van der Waals surface area contributed by atoms with Gasteiger partial charge < -0.3 is 15.0 Å². The van der Waals surface area contributed by atoms with Gasteiger partial charge in [0, 0.05) is 33.9 Å². The highest BCUT2D eigenvalue weighted by Crippen LogP contribution is 2.28. The standard InChI is InChI=1S/C14H16N2O.C12H14N2.C4H6O3/c1-11(17)16-8-6-14(7-9-16)13-4-2-12(10-15)3-5-13;13-9-10-1-3-11(4-2-10)12-5-7-14-8-6-12;1-3(5)7-4(2)6/h2-5,14H,6-9H2,1H3;1-4,12,14H,5-8H2;1-2H3. The van der Waals surface area contributed by atoms with Gasteiger partial charge in [-0.1, -0.05) is 24.3 Å². The van der Waals surface area contributed by atoms with E-state index >= 15 is 0 Å². The van der Waals surface area contributed by atoms with Crippen molar-refractivity contribution in [3.8, 4) is 12.1 Å². The van der Waals surface area contributed by atoms with Crippen LogP contribution in [0.1, 0.15) is 80.5 Å². The highest BCUT2D eigenvalue weighted by Gasteiger charge is 2.21. The Bertz CT molecular complexity index is 1120. The van der Waals surface area contributed by atoms with Crippen molar-refractivity contribution >= 4 is 17.8 Å². The Morgan fingerprint density at radius 3 is 1.45 bits per heavy atom. The smallest absolute Gasteiger partial charge is 0.310 e. The first kappa shape index (κ1) is 30.2. The van der Waals surface area contributed by atoms with Crippen molar-refractivity contribution in [3.05, 3.63) is 70.8 Å². The van der Waals surface area contributed by atoms with Crippen molar-refractivity contribution in [1.82, 2.24) is 10.2 Å². The van der Waals surface area contributed by atoms with Crippen LogP contribution >= 0.6 is 0 Å². The Balaban J connectivity index is 0.000000218. The number of ether oxygens (including phenoxy) is 1. The summed E-state index contributed by atoms with van der Waals surface area (Å²) < 4.78 is 3.97. The Morgan fingerprint density at radius 1 is 0.737 bits per heavy atom. The maximum absolute atomic E-state index is 11.2. The number of carbonyl (C=O) groups is 3. The molecule has 0 bridgehead atoms. The summed E-state index contributed by atoms with van der Waals surface area (Å²) >= 11 is 0. The van der Waals surface area contributed by atoms with Gasteiger partial charge in [-0.3, -0.25) is 14.4 Å². The lowest BCUT2D eigenvalue weighted by Crippen LogP contribution is -2.36. The molecule has 0 unspecified atom stereocenters. The monoisotopic (exact) mass is 516 g/mol. The van der Waals surface area contributed by atoms with Gasteiger partial charge in [-0.15, -0.1) is 0 Å². The van der Waals surface area contributed by atoms with Gasteiger partial charge in [0.1, 0.15) is 0 Å². The number of carbonyl (C=O) groups excluding carboxylic acids is 3. The molecule has 8 nitrogen and oxygen atoms in total. The Kier molecular flexibility index (Phi) is 12.7. The summed E-state index contributed by atoms with van der Waals surface area (Å²) in [7, 11) is 0. The van der Waals surface area contributed by atoms with Gasteiger partial charge in [0.25, 0.3) is 0 Å². The number of nitriles is 2. The van der Waals surface area contributed by atoms with E-state index in [0.29, 0.717) is 17.4 Å². The quantitative estimate of drug-likeness (QED) is 0.463. The number of esters is 2. The Hall–Kier alpha value is -4.01. The zero-order chi connectivity index (χ0) is 27.9. The second kappa shape index (κ2) is 16.0. The van der Waals surface area contributed by atoms with E-state index < -0.39 is 11.9 Å². The summed E-state index contributed by atoms with van der Waals surface area (Å²) in [6.07, 6.45) is 4.47. The maximum atomic E-state index is 11.2. The molecule has 0 saturated carbocycles. The Morgan fingerprint density at radius 2 is 1.13 bits per heavy atom. The van der Waals surface area contributed by atoms with Gasteiger partial charge >= 0.3 is 11.9 Å². The van der Waals surface area contributed by atoms with Gasteiger partial charge in [0.15, 0.2) is 0 Å². The lowest BCUT2D eigenvalue weighted by Gasteiger charge is -2.31. The Labute approximate surface area is 225 Å². The molecular weight excluding hydrogens is 480 g/mol. The van der Waals surface area contributed by atoms with Gasteiger partial charge in [-0.05, 0) is 86.0 Å². The summed E-state index contributed by atoms with van der Waals surface area (Å²) in [5.74, 6) is 0.255. The van der Waals surface area contributed by atoms with Crippen LogP contribution in [0.2, 0.25) is 0 Å². The molecule has 2 aromatic rings. The summed E-state index contributed by atoms with van der Waals surface area (Å²) in [6, 6.07) is 20.1. The minimum atomic E-state index is -0.562. The van der Waals surface area contributed by atoms with E-state index in [2.05, 4.69) is 34.3 Å². The fourth-order valence-corrected chi connectivity index (χ4v) is 4.55. The number of hydrogen-bond donors (Lipinski definition) is 1. The number of nitrogens with one attached hydrogen (secondary N) is 1. The first-order valence-corrected chi connectivity index (χ1v) is 12.9. The molecule has 0 spiro atoms. The average molecular weight is 517 g/mol.